The third kappa shape index (κ3) is 53.3. The van der Waals surface area contributed by atoms with Crippen LogP contribution in [-0.4, -0.2) is 214 Å². The van der Waals surface area contributed by atoms with Crippen molar-refractivity contribution in [3.63, 3.8) is 0 Å². The van der Waals surface area contributed by atoms with E-state index in [4.69, 9.17) is 28.9 Å². The standard InChI is InChI=1S/C25H32N2O6S.C18H23F3N2O6S.C16H24N2O5S.C4H8O2.H12INP10.H11INP9.H10INP8/c1-19-8-9-23(16-20(19)2)34(30,31)18-22-10-12-27(24(22)28)13-15-32-14-11-26-25(29)33-17-21-6-4-3-5-7-21;1-12-10-14(2-3-15(12)24)30(27,28)11-13-4-6-23(16(13)25)7-9-29-8-5-22-17(26)18(19,20)21;1-12-10-14(2-3-15(12)19)24(21,22)11-13-4-6-18(16(13)20)7-9-23-8-5-17;1-3-6-4(2)5;1-2-9(10(4)5)12(8-3)11(6)7;1-2-8(9(3)4)11(7)10(5)6;1-2-8(9(4)5)10(6)7-3/h3-9,16,22H,10-15,17-18H2,1-2H3,(H,26,29);2-3,10,13,24H,4-9,11H2,1H3,(H,22,26);2-3,10,13,19H,4-9,11,17H2,1H3;3H2,1-2H3;2,8H,3-7H2;2H,3-7H2;2,7H,3-6H2/t22-;2*13-;;;;/m111..../s1/i/hT3. The Kier molecular flexibility index (Phi) is 70.9. The van der Waals surface area contributed by atoms with Gasteiger partial charge in [-0.25, -0.2) is 39.9 Å². The van der Waals surface area contributed by atoms with Crippen LogP contribution in [0.2, 0.25) is 4.24 Å². The van der Waals surface area contributed by atoms with E-state index in [1.165, 1.54) is 48.2 Å². The molecule has 3 fully saturated rings. The first-order valence-corrected chi connectivity index (χ1v) is 92.0. The fourth-order valence-electron chi connectivity index (χ4n) is 10.5. The van der Waals surface area contributed by atoms with Crippen molar-refractivity contribution in [3.05, 3.63) is 113 Å². The lowest BCUT2D eigenvalue weighted by molar-refractivity contribution is -0.173. The summed E-state index contributed by atoms with van der Waals surface area (Å²) in [6, 6.07) is 22.6. The van der Waals surface area contributed by atoms with Gasteiger partial charge in [-0.15, -0.1) is 116 Å². The second-order valence-electron chi connectivity index (χ2n) is 26.4. The molecule has 25 atom stereocenters. The zero-order valence-corrected chi connectivity index (χ0v) is 107. The number of hydrogen-bond donors (Lipinski definition) is 8. The molecule has 3 saturated heterocycles. The van der Waals surface area contributed by atoms with Crippen molar-refractivity contribution in [3.8, 4) is 11.5 Å². The number of ether oxygens (including phenoxy) is 5. The Morgan fingerprint density at radius 2 is 0.921 bits per heavy atom. The van der Waals surface area contributed by atoms with E-state index in [2.05, 4.69) is 204 Å². The summed E-state index contributed by atoms with van der Waals surface area (Å²) in [7, 11) is 30.3. The van der Waals surface area contributed by atoms with Crippen molar-refractivity contribution < 1.29 is 105 Å². The van der Waals surface area contributed by atoms with Crippen molar-refractivity contribution in [2.75, 3.05) is 122 Å². The number of nitrogens with zero attached hydrogens (tertiary/aromatic N) is 3. The zero-order valence-electron chi connectivity index (χ0n) is 73.2. The van der Waals surface area contributed by atoms with Gasteiger partial charge in [-0.1, -0.05) is 61.2 Å². The molecule has 28 nitrogen and oxygen atoms in total. The van der Waals surface area contributed by atoms with E-state index in [1.807, 2.05) is 44.2 Å². The van der Waals surface area contributed by atoms with Crippen LogP contribution in [0.5, 0.6) is 11.5 Å². The molecule has 0 saturated carbocycles. The molecule has 0 bridgehead atoms. The third-order valence-electron chi connectivity index (χ3n) is 17.1. The number of alkyl halides is 3. The number of carbonyl (C=O) groups excluding carboxylic acids is 6. The highest BCUT2D eigenvalue weighted by Crippen LogP contribution is 3.08. The first kappa shape index (κ1) is 126. The van der Waals surface area contributed by atoms with E-state index < -0.39 is 65.4 Å². The number of halogens is 6. The van der Waals surface area contributed by atoms with Crippen molar-refractivity contribution >= 4 is 353 Å². The Bertz CT molecular complexity index is 4450. The Hall–Kier alpha value is 6.26. The van der Waals surface area contributed by atoms with Crippen LogP contribution in [0.4, 0.5) is 18.0 Å². The average molecular weight is 2680 g/mol. The van der Waals surface area contributed by atoms with Gasteiger partial charge in [0.15, 0.2) is 29.5 Å². The summed E-state index contributed by atoms with van der Waals surface area (Å²) in [4.78, 5) is 74.8. The van der Waals surface area contributed by atoms with Crippen LogP contribution in [0.25, 0.3) is 0 Å². The number of hydrogen-bond acceptors (Lipinski definition) is 23. The molecule has 3 heterocycles. The Morgan fingerprint density at radius 3 is 1.21 bits per heavy atom. The predicted octanol–water partition coefficient (Wildman–Crippen LogP) is 21.1. The molecule has 9 N–H and O–H groups in total. The summed E-state index contributed by atoms with van der Waals surface area (Å²) in [5, 5.41) is 23.3. The molecule has 0 aliphatic carbocycles. The Balaban J connectivity index is 0.000000807. The third-order valence-corrected chi connectivity index (χ3v) is 153. The van der Waals surface area contributed by atoms with Crippen LogP contribution in [0, 0.1) is 45.4 Å². The second-order valence-corrected chi connectivity index (χ2v) is 129. The van der Waals surface area contributed by atoms with Crippen molar-refractivity contribution in [1.29, 1.82) is 0 Å². The summed E-state index contributed by atoms with van der Waals surface area (Å²) in [5.41, 5.74) is 9.09. The van der Waals surface area contributed by atoms with E-state index in [-0.39, 0.29) is 185 Å². The van der Waals surface area contributed by atoms with Crippen LogP contribution in [0.1, 0.15) is 60.9 Å². The number of nitrogens with one attached hydrogen (secondary N) is 5. The minimum Gasteiger partial charge on any atom is -0.508 e. The summed E-state index contributed by atoms with van der Waals surface area (Å²) in [6.45, 7) is 14.4. The highest BCUT2D eigenvalue weighted by atomic mass is 127. The van der Waals surface area contributed by atoms with Crippen LogP contribution in [-0.2, 0) is 83.8 Å². The first-order chi connectivity index (χ1) is 60.6. The number of sulfone groups is 3. The molecule has 127 heavy (non-hydrogen) atoms. The molecular formula is C63H120F3I3N9O19P27S3. The molecule has 0 radical (unpaired) electrons. The maximum Gasteiger partial charge on any atom is 0.471 e. The van der Waals surface area contributed by atoms with Gasteiger partial charge >= 0.3 is 24.1 Å². The molecule has 64 heteroatoms. The fraction of sp³-hybridized carbons (Fsp3) is 0.524. The largest absolute Gasteiger partial charge is 0.508 e. The highest BCUT2D eigenvalue weighted by molar-refractivity contribution is 14.1. The van der Waals surface area contributed by atoms with E-state index in [9.17, 15) is 77.4 Å². The normalized spacial score (nSPS) is 17.3. The molecule has 5 amide bonds. The average Bonchev–Trinajstić information content (AvgIpc) is 1.56. The molecule has 726 valence electrons. The summed E-state index contributed by atoms with van der Waals surface area (Å²) in [6.07, 6.45) is -4.08. The number of phenols is 2. The van der Waals surface area contributed by atoms with E-state index in [1.54, 1.807) is 64.0 Å². The number of aromatic hydroxyl groups is 2. The maximum atomic E-state index is 12.8. The van der Waals surface area contributed by atoms with E-state index >= 15 is 0 Å². The second kappa shape index (κ2) is 71.7. The van der Waals surface area contributed by atoms with Crippen molar-refractivity contribution in [1.82, 2.24) is 35.2 Å². The summed E-state index contributed by atoms with van der Waals surface area (Å²) in [5.74, 6) is -5.36. The van der Waals surface area contributed by atoms with Gasteiger partial charge in [-0.3, -0.25) is 24.0 Å². The summed E-state index contributed by atoms with van der Waals surface area (Å²) < 4.78 is 165. The van der Waals surface area contributed by atoms with Gasteiger partial charge in [-0.2, -0.15) is 13.2 Å². The van der Waals surface area contributed by atoms with Gasteiger partial charge < -0.3 is 65.0 Å². The lowest BCUT2D eigenvalue weighted by Crippen LogP contribution is -2.38. The monoisotopic (exact) mass is 2680 g/mol. The molecule has 22 unspecified atom stereocenters. The molecule has 0 aromatic heterocycles. The number of likely N-dealkylation sites (tertiary alicyclic amines) is 3. The number of amides is 5. The first-order valence-electron chi connectivity index (χ1n) is 38.5. The number of benzene rings is 4. The van der Waals surface area contributed by atoms with Crippen LogP contribution in [0.15, 0.2) is 99.6 Å². The lowest BCUT2D eigenvalue weighted by Gasteiger charge is -2.30. The molecular weight excluding hydrogens is 2560 g/mol. The lowest BCUT2D eigenvalue weighted by atomic mass is 10.1. The van der Waals surface area contributed by atoms with Crippen LogP contribution in [0.3, 0.4) is 0 Å². The predicted molar refractivity (Wildman–Crippen MR) is 619 cm³/mol. The topological polar surface area (TPSA) is 387 Å². The quantitative estimate of drug-likeness (QED) is 0.00671. The van der Waals surface area contributed by atoms with Gasteiger partial charge in [0.05, 0.1) is 95.9 Å². The van der Waals surface area contributed by atoms with Crippen molar-refractivity contribution in [2.45, 2.75) is 88.3 Å². The molecule has 4 aromatic carbocycles. The molecule has 3 aliphatic rings. The van der Waals surface area contributed by atoms with Crippen molar-refractivity contribution in [2.24, 2.45) is 23.5 Å². The Labute approximate surface area is 843 Å². The number of carbonyl (C=O) groups is 6. The number of alkyl carbamates (subject to hydrolysis) is 1. The van der Waals surface area contributed by atoms with Gasteiger partial charge in [-0.05, 0) is 186 Å². The summed E-state index contributed by atoms with van der Waals surface area (Å²) >= 11 is 6.27. The number of aryl methyl sites for hydroxylation is 4. The molecule has 7 rings (SSSR count). The van der Waals surface area contributed by atoms with Gasteiger partial charge in [0.25, 0.3) is 0 Å². The van der Waals surface area contributed by atoms with E-state index in [0.29, 0.717) is 103 Å². The van der Waals surface area contributed by atoms with Gasteiger partial charge in [0.1, 0.15) is 22.3 Å². The minimum absolute atomic E-state index is 0.00459. The van der Waals surface area contributed by atoms with Crippen LogP contribution < -0.4 is 26.2 Å². The molecule has 0 spiro atoms. The number of nitrogens with two attached hydrogens (primary N) is 1. The smallest absolute Gasteiger partial charge is 0.471 e. The number of esters is 1. The molecule has 4 aromatic rings. The SMILES string of the molecule is CCOC(C)=O.Cc1cc(S(=O)(=O)C[C@H]2CCN(CCOCCN)C2=O)ccc1O.Cc1cc(S(=O)(=O)C[C@H]2CCN(CCOCCNC(=O)C(F)(F)F)C2=O)ccc1O.Cc1ccc(S(=O)(=O)C[C@H]2CCN(CCOCCNC(=O)OCc3ccccc3)C2=O)cc1C.[3H]N(I)P(P(P)P)P(P)P(P)P.[3H]N(I)P(P(P)P)P(P)PP.[3H]N(I)P(P(P)P)P(PP)P(P)P. The maximum absolute atomic E-state index is 12.8. The molecule has 3 aliphatic heterocycles. The van der Waals surface area contributed by atoms with Gasteiger partial charge in [0.2, 0.25) is 17.7 Å². The van der Waals surface area contributed by atoms with Crippen LogP contribution >= 0.6 is 288 Å². The highest BCUT2D eigenvalue weighted by Gasteiger charge is 2.40. The van der Waals surface area contributed by atoms with E-state index in [0.717, 1.165) is 32.6 Å². The minimum atomic E-state index is -4.95. The number of phenolic OH excluding ortho intramolecular Hbond substituents is 2. The zero-order chi connectivity index (χ0) is 99.3. The number of rotatable bonds is 42. The Morgan fingerprint density at radius 1 is 0.535 bits per heavy atom. The van der Waals surface area contributed by atoms with Gasteiger partial charge in [0, 0.05) is 157 Å². The fourth-order valence-corrected chi connectivity index (χ4v) is 194.